The van der Waals surface area contributed by atoms with Crippen molar-refractivity contribution in [3.05, 3.63) is 28.8 Å². The normalized spacial score (nSPS) is 24.0. The first kappa shape index (κ1) is 13.4. The minimum atomic E-state index is -0.0672. The first-order chi connectivity index (χ1) is 8.60. The van der Waals surface area contributed by atoms with E-state index in [-0.39, 0.29) is 6.10 Å². The molecule has 1 saturated carbocycles. The van der Waals surface area contributed by atoms with Gasteiger partial charge in [0.25, 0.3) is 0 Å². The Balaban J connectivity index is 2.13. The molecule has 1 aromatic carbocycles. The van der Waals surface area contributed by atoms with E-state index in [1.54, 1.807) is 7.11 Å². The van der Waals surface area contributed by atoms with Crippen LogP contribution >= 0.6 is 0 Å². The molecule has 18 heavy (non-hydrogen) atoms. The maximum atomic E-state index is 9.56. The quantitative estimate of drug-likeness (QED) is 0.888. The molecule has 2 heteroatoms. The fraction of sp³-hybridized carbons (Fsp3) is 0.625. The first-order valence-corrected chi connectivity index (χ1v) is 6.92. The van der Waals surface area contributed by atoms with Crippen LogP contribution in [0.2, 0.25) is 0 Å². The summed E-state index contributed by atoms with van der Waals surface area (Å²) < 4.78 is 5.54. The van der Waals surface area contributed by atoms with Crippen molar-refractivity contribution < 1.29 is 9.84 Å². The van der Waals surface area contributed by atoms with Crippen LogP contribution in [0.1, 0.15) is 42.4 Å². The van der Waals surface area contributed by atoms with Crippen LogP contribution in [0, 0.1) is 19.8 Å². The number of rotatable bonds is 3. The summed E-state index contributed by atoms with van der Waals surface area (Å²) in [6.45, 7) is 4.25. The van der Waals surface area contributed by atoms with Crippen molar-refractivity contribution in [2.75, 3.05) is 7.11 Å². The highest BCUT2D eigenvalue weighted by molar-refractivity contribution is 5.44. The largest absolute Gasteiger partial charge is 0.496 e. The topological polar surface area (TPSA) is 29.5 Å². The third-order valence-electron chi connectivity index (χ3n) is 4.02. The van der Waals surface area contributed by atoms with E-state index in [9.17, 15) is 5.11 Å². The number of aliphatic hydroxyl groups is 1. The third-order valence-corrected chi connectivity index (χ3v) is 4.02. The zero-order valence-corrected chi connectivity index (χ0v) is 11.7. The average molecular weight is 248 g/mol. The van der Waals surface area contributed by atoms with E-state index in [1.807, 2.05) is 0 Å². The molecule has 0 spiro atoms. The van der Waals surface area contributed by atoms with Crippen LogP contribution in [-0.4, -0.2) is 18.3 Å². The van der Waals surface area contributed by atoms with Crippen molar-refractivity contribution in [3.8, 4) is 5.75 Å². The molecule has 0 aromatic heterocycles. The molecule has 1 fully saturated rings. The van der Waals surface area contributed by atoms with Crippen molar-refractivity contribution >= 4 is 0 Å². The van der Waals surface area contributed by atoms with E-state index >= 15 is 0 Å². The molecule has 0 radical (unpaired) electrons. The Morgan fingerprint density at radius 2 is 1.83 bits per heavy atom. The first-order valence-electron chi connectivity index (χ1n) is 6.92. The van der Waals surface area contributed by atoms with E-state index < -0.39 is 0 Å². The summed E-state index contributed by atoms with van der Waals surface area (Å²) in [6, 6.07) is 4.42. The van der Waals surface area contributed by atoms with Crippen LogP contribution in [0.25, 0.3) is 0 Å². The third kappa shape index (κ3) is 3.05. The number of aryl methyl sites for hydroxylation is 2. The van der Waals surface area contributed by atoms with Crippen LogP contribution in [-0.2, 0) is 6.42 Å². The standard InChI is InChI=1S/C16H24O2/c1-11-8-12(2)16(18-3)14(9-11)10-13-4-6-15(17)7-5-13/h8-9,13,15,17H,4-7,10H2,1-3H3. The lowest BCUT2D eigenvalue weighted by Gasteiger charge is -2.26. The molecule has 0 bridgehead atoms. The van der Waals surface area contributed by atoms with Gasteiger partial charge < -0.3 is 9.84 Å². The second kappa shape index (κ2) is 5.75. The van der Waals surface area contributed by atoms with Gasteiger partial charge in [-0.3, -0.25) is 0 Å². The Morgan fingerprint density at radius 1 is 1.17 bits per heavy atom. The lowest BCUT2D eigenvalue weighted by Crippen LogP contribution is -2.19. The Kier molecular flexibility index (Phi) is 4.28. The summed E-state index contributed by atoms with van der Waals surface area (Å²) in [6.07, 6.45) is 5.20. The van der Waals surface area contributed by atoms with E-state index in [1.165, 1.54) is 16.7 Å². The number of hydrogen-bond donors (Lipinski definition) is 1. The number of hydrogen-bond acceptors (Lipinski definition) is 2. The molecule has 1 aromatic rings. The molecule has 0 heterocycles. The maximum absolute atomic E-state index is 9.56. The Labute approximate surface area is 110 Å². The van der Waals surface area contributed by atoms with Gasteiger partial charge in [-0.15, -0.1) is 0 Å². The molecule has 0 atom stereocenters. The fourth-order valence-electron chi connectivity index (χ4n) is 3.15. The van der Waals surface area contributed by atoms with Gasteiger partial charge in [-0.1, -0.05) is 17.7 Å². The number of benzene rings is 1. The van der Waals surface area contributed by atoms with Crippen molar-refractivity contribution in [3.63, 3.8) is 0 Å². The molecule has 0 unspecified atom stereocenters. The SMILES string of the molecule is COc1c(C)cc(C)cc1CC1CCC(O)CC1. The molecule has 0 saturated heterocycles. The molecule has 2 nitrogen and oxygen atoms in total. The molecular weight excluding hydrogens is 224 g/mol. The minimum absolute atomic E-state index is 0.0672. The van der Waals surface area contributed by atoms with Crippen molar-refractivity contribution in [2.45, 2.75) is 52.1 Å². The summed E-state index contributed by atoms with van der Waals surface area (Å²) in [4.78, 5) is 0. The summed E-state index contributed by atoms with van der Waals surface area (Å²) in [7, 11) is 1.76. The lowest BCUT2D eigenvalue weighted by atomic mass is 9.83. The molecule has 1 N–H and O–H groups in total. The molecule has 1 aliphatic rings. The molecule has 100 valence electrons. The highest BCUT2D eigenvalue weighted by Gasteiger charge is 2.21. The van der Waals surface area contributed by atoms with Crippen molar-refractivity contribution in [1.82, 2.24) is 0 Å². The lowest BCUT2D eigenvalue weighted by molar-refractivity contribution is 0.108. The summed E-state index contributed by atoms with van der Waals surface area (Å²) in [5, 5.41) is 9.56. The predicted molar refractivity (Wildman–Crippen MR) is 74.1 cm³/mol. The van der Waals surface area contributed by atoms with Crippen LogP contribution in [0.5, 0.6) is 5.75 Å². The smallest absolute Gasteiger partial charge is 0.124 e. The second-order valence-corrected chi connectivity index (χ2v) is 5.65. The Bertz CT molecular complexity index is 404. The zero-order chi connectivity index (χ0) is 13.1. The van der Waals surface area contributed by atoms with Crippen LogP contribution in [0.15, 0.2) is 12.1 Å². The molecule has 1 aliphatic carbocycles. The second-order valence-electron chi connectivity index (χ2n) is 5.65. The summed E-state index contributed by atoms with van der Waals surface area (Å²) in [5.41, 5.74) is 3.86. The Morgan fingerprint density at radius 3 is 2.44 bits per heavy atom. The van der Waals surface area contributed by atoms with Gasteiger partial charge in [0.2, 0.25) is 0 Å². The average Bonchev–Trinajstić information content (AvgIpc) is 2.32. The monoisotopic (exact) mass is 248 g/mol. The Hall–Kier alpha value is -1.02. The minimum Gasteiger partial charge on any atom is -0.496 e. The van der Waals surface area contributed by atoms with E-state index in [2.05, 4.69) is 26.0 Å². The molecular formula is C16H24O2. The zero-order valence-electron chi connectivity index (χ0n) is 11.7. The fourth-order valence-corrected chi connectivity index (χ4v) is 3.15. The molecule has 2 rings (SSSR count). The van der Waals surface area contributed by atoms with Gasteiger partial charge in [-0.2, -0.15) is 0 Å². The number of ether oxygens (including phenoxy) is 1. The number of aliphatic hydroxyl groups excluding tert-OH is 1. The van der Waals surface area contributed by atoms with Crippen LogP contribution < -0.4 is 4.74 Å². The number of methoxy groups -OCH3 is 1. The van der Waals surface area contributed by atoms with Gasteiger partial charge in [-0.25, -0.2) is 0 Å². The van der Waals surface area contributed by atoms with Gasteiger partial charge in [0.1, 0.15) is 5.75 Å². The summed E-state index contributed by atoms with van der Waals surface area (Å²) in [5.74, 6) is 1.75. The molecule has 0 aliphatic heterocycles. The van der Waals surface area contributed by atoms with Gasteiger partial charge in [-0.05, 0) is 63.0 Å². The molecule has 0 amide bonds. The van der Waals surface area contributed by atoms with Crippen molar-refractivity contribution in [2.24, 2.45) is 5.92 Å². The highest BCUT2D eigenvalue weighted by Crippen LogP contribution is 2.32. The van der Waals surface area contributed by atoms with Gasteiger partial charge in [0.15, 0.2) is 0 Å². The van der Waals surface area contributed by atoms with Gasteiger partial charge in [0.05, 0.1) is 13.2 Å². The van der Waals surface area contributed by atoms with Crippen molar-refractivity contribution in [1.29, 1.82) is 0 Å². The maximum Gasteiger partial charge on any atom is 0.124 e. The van der Waals surface area contributed by atoms with Gasteiger partial charge >= 0.3 is 0 Å². The predicted octanol–water partition coefficient (Wildman–Crippen LogP) is 3.41. The summed E-state index contributed by atoms with van der Waals surface area (Å²) >= 11 is 0. The van der Waals surface area contributed by atoms with Gasteiger partial charge in [0, 0.05) is 0 Å². The van der Waals surface area contributed by atoms with Crippen LogP contribution in [0.4, 0.5) is 0 Å². The van der Waals surface area contributed by atoms with E-state index in [4.69, 9.17) is 4.74 Å². The van der Waals surface area contributed by atoms with Crippen LogP contribution in [0.3, 0.4) is 0 Å². The van der Waals surface area contributed by atoms with E-state index in [0.717, 1.165) is 37.9 Å². The highest BCUT2D eigenvalue weighted by atomic mass is 16.5. The van der Waals surface area contributed by atoms with E-state index in [0.29, 0.717) is 5.92 Å².